The van der Waals surface area contributed by atoms with Crippen LogP contribution in [-0.2, 0) is 20.2 Å². The van der Waals surface area contributed by atoms with E-state index in [1.807, 2.05) is 0 Å². The Hall–Kier alpha value is -1.07. The molecule has 10 heteroatoms. The Morgan fingerprint density at radius 3 is 1.95 bits per heavy atom. The second-order valence-electron chi connectivity index (χ2n) is 4.28. The number of benzene rings is 1. The summed E-state index contributed by atoms with van der Waals surface area (Å²) in [6, 6.07) is 5.06. The van der Waals surface area contributed by atoms with Crippen molar-refractivity contribution in [1.82, 2.24) is 8.61 Å². The van der Waals surface area contributed by atoms with Crippen molar-refractivity contribution in [3.63, 3.8) is 0 Å². The number of nitrogens with two attached hydrogens (primary N) is 1. The third-order valence-corrected chi connectivity index (χ3v) is 6.03. The fraction of sp³-hybridized carbons (Fsp3) is 0.400. The van der Waals surface area contributed by atoms with Crippen molar-refractivity contribution in [2.75, 3.05) is 26.2 Å². The standard InChI is InChI=1S/C10H14FN3O4S2/c11-9-3-1-2-4-10(9)19(15,16)13-5-7-14(8-6-13)20(12,17)18/h1-4H,5-8H2,(H2,12,17,18). The molecule has 20 heavy (non-hydrogen) atoms. The van der Waals surface area contributed by atoms with Gasteiger partial charge in [-0.1, -0.05) is 12.1 Å². The first-order chi connectivity index (χ1) is 9.23. The van der Waals surface area contributed by atoms with Crippen molar-refractivity contribution in [3.8, 4) is 0 Å². The lowest BCUT2D eigenvalue weighted by Crippen LogP contribution is -2.52. The van der Waals surface area contributed by atoms with Gasteiger partial charge in [0, 0.05) is 26.2 Å². The van der Waals surface area contributed by atoms with Gasteiger partial charge in [0.05, 0.1) is 0 Å². The van der Waals surface area contributed by atoms with Crippen LogP contribution in [0.15, 0.2) is 29.2 Å². The van der Waals surface area contributed by atoms with Crippen LogP contribution in [0.5, 0.6) is 0 Å². The molecule has 0 saturated carbocycles. The Morgan fingerprint density at radius 2 is 1.45 bits per heavy atom. The predicted molar refractivity (Wildman–Crippen MR) is 69.8 cm³/mol. The van der Waals surface area contributed by atoms with Crippen LogP contribution in [0.1, 0.15) is 0 Å². The zero-order valence-electron chi connectivity index (χ0n) is 10.4. The predicted octanol–water partition coefficient (Wildman–Crippen LogP) is -0.664. The molecule has 7 nitrogen and oxygen atoms in total. The van der Waals surface area contributed by atoms with Gasteiger partial charge in [-0.05, 0) is 12.1 Å². The first kappa shape index (κ1) is 15.3. The highest BCUT2D eigenvalue weighted by atomic mass is 32.2. The van der Waals surface area contributed by atoms with E-state index in [0.29, 0.717) is 0 Å². The summed E-state index contributed by atoms with van der Waals surface area (Å²) in [7, 11) is -7.80. The highest BCUT2D eigenvalue weighted by Crippen LogP contribution is 2.20. The maximum atomic E-state index is 13.6. The molecular weight excluding hydrogens is 309 g/mol. The van der Waals surface area contributed by atoms with Gasteiger partial charge in [-0.2, -0.15) is 17.0 Å². The average molecular weight is 323 g/mol. The van der Waals surface area contributed by atoms with Gasteiger partial charge in [0.2, 0.25) is 10.0 Å². The molecule has 112 valence electrons. The number of rotatable bonds is 3. The van der Waals surface area contributed by atoms with Gasteiger partial charge in [-0.3, -0.25) is 0 Å². The van der Waals surface area contributed by atoms with Gasteiger partial charge in [0.25, 0.3) is 10.2 Å². The average Bonchev–Trinajstić information content (AvgIpc) is 2.38. The molecule has 0 aliphatic carbocycles. The van der Waals surface area contributed by atoms with Crippen LogP contribution in [0.3, 0.4) is 0 Å². The van der Waals surface area contributed by atoms with E-state index in [1.54, 1.807) is 0 Å². The molecule has 0 amide bonds. The second-order valence-corrected chi connectivity index (χ2v) is 7.73. The summed E-state index contributed by atoms with van der Waals surface area (Å²) in [6.45, 7) is -0.223. The molecule has 1 heterocycles. The van der Waals surface area contributed by atoms with E-state index in [1.165, 1.54) is 18.2 Å². The molecule has 1 aliphatic rings. The van der Waals surface area contributed by atoms with Crippen molar-refractivity contribution in [1.29, 1.82) is 0 Å². The molecule has 1 saturated heterocycles. The van der Waals surface area contributed by atoms with E-state index in [2.05, 4.69) is 0 Å². The summed E-state index contributed by atoms with van der Waals surface area (Å²) in [4.78, 5) is -0.413. The van der Waals surface area contributed by atoms with Gasteiger partial charge >= 0.3 is 0 Å². The zero-order valence-corrected chi connectivity index (χ0v) is 12.1. The van der Waals surface area contributed by atoms with Crippen LogP contribution < -0.4 is 5.14 Å². The van der Waals surface area contributed by atoms with E-state index in [9.17, 15) is 21.2 Å². The van der Waals surface area contributed by atoms with Crippen molar-refractivity contribution >= 4 is 20.2 Å². The Kier molecular flexibility index (Phi) is 4.12. The normalized spacial score (nSPS) is 19.1. The van der Waals surface area contributed by atoms with Crippen molar-refractivity contribution in [3.05, 3.63) is 30.1 Å². The lowest BCUT2D eigenvalue weighted by molar-refractivity contribution is 0.272. The summed E-state index contributed by atoms with van der Waals surface area (Å²) < 4.78 is 62.4. The smallest absolute Gasteiger partial charge is 0.216 e. The molecular formula is C10H14FN3O4S2. The molecule has 1 fully saturated rings. The third-order valence-electron chi connectivity index (χ3n) is 3.01. The molecule has 0 aromatic heterocycles. The van der Waals surface area contributed by atoms with Crippen LogP contribution in [0, 0.1) is 5.82 Å². The van der Waals surface area contributed by atoms with Crippen molar-refractivity contribution in [2.45, 2.75) is 4.90 Å². The highest BCUT2D eigenvalue weighted by Gasteiger charge is 2.32. The number of piperazine rings is 1. The fourth-order valence-corrected chi connectivity index (χ4v) is 4.12. The van der Waals surface area contributed by atoms with Crippen LogP contribution in [0.2, 0.25) is 0 Å². The lowest BCUT2D eigenvalue weighted by Gasteiger charge is -2.32. The van der Waals surface area contributed by atoms with Crippen LogP contribution in [0.25, 0.3) is 0 Å². The van der Waals surface area contributed by atoms with E-state index in [-0.39, 0.29) is 26.2 Å². The third kappa shape index (κ3) is 2.99. The molecule has 1 aromatic carbocycles. The molecule has 0 spiro atoms. The SMILES string of the molecule is NS(=O)(=O)N1CCN(S(=O)(=O)c2ccccc2F)CC1. The Balaban J connectivity index is 2.20. The zero-order chi connectivity index (χ0) is 15.0. The maximum Gasteiger partial charge on any atom is 0.276 e. The first-order valence-electron chi connectivity index (χ1n) is 5.75. The lowest BCUT2D eigenvalue weighted by atomic mass is 10.3. The first-order valence-corrected chi connectivity index (χ1v) is 8.70. The molecule has 2 rings (SSSR count). The van der Waals surface area contributed by atoms with Crippen molar-refractivity contribution < 1.29 is 21.2 Å². The van der Waals surface area contributed by atoms with Crippen LogP contribution >= 0.6 is 0 Å². The van der Waals surface area contributed by atoms with Gasteiger partial charge < -0.3 is 0 Å². The van der Waals surface area contributed by atoms with Crippen LogP contribution in [-0.4, -0.2) is 51.6 Å². The largest absolute Gasteiger partial charge is 0.276 e. The minimum absolute atomic E-state index is 0.0491. The molecule has 0 bridgehead atoms. The minimum atomic E-state index is -3.97. The molecule has 1 aromatic rings. The Morgan fingerprint density at radius 1 is 0.950 bits per heavy atom. The van der Waals surface area contributed by atoms with Gasteiger partial charge in [-0.15, -0.1) is 0 Å². The Bertz CT molecular complexity index is 697. The summed E-state index contributed by atoms with van der Waals surface area (Å²) >= 11 is 0. The van der Waals surface area contributed by atoms with Gasteiger partial charge in [0.1, 0.15) is 10.7 Å². The molecule has 1 aliphatic heterocycles. The Labute approximate surface area is 117 Å². The summed E-state index contributed by atoms with van der Waals surface area (Å²) in [5, 5.41) is 4.97. The molecule has 0 unspecified atom stereocenters. The number of nitrogens with zero attached hydrogens (tertiary/aromatic N) is 2. The second kappa shape index (κ2) is 5.37. The fourth-order valence-electron chi connectivity index (χ4n) is 1.96. The van der Waals surface area contributed by atoms with E-state index < -0.39 is 30.9 Å². The van der Waals surface area contributed by atoms with E-state index in [0.717, 1.165) is 14.7 Å². The van der Waals surface area contributed by atoms with E-state index in [4.69, 9.17) is 5.14 Å². The van der Waals surface area contributed by atoms with Gasteiger partial charge in [-0.25, -0.2) is 17.9 Å². The van der Waals surface area contributed by atoms with Gasteiger partial charge in [0.15, 0.2) is 0 Å². The summed E-state index contributed by atoms with van der Waals surface area (Å²) in [5.41, 5.74) is 0. The molecule has 2 N–H and O–H groups in total. The molecule has 0 atom stereocenters. The number of sulfonamides is 1. The highest BCUT2D eigenvalue weighted by molar-refractivity contribution is 7.89. The quantitative estimate of drug-likeness (QED) is 0.797. The number of halogens is 1. The number of hydrogen-bond acceptors (Lipinski definition) is 4. The maximum absolute atomic E-state index is 13.6. The topological polar surface area (TPSA) is 101 Å². The van der Waals surface area contributed by atoms with E-state index >= 15 is 0 Å². The monoisotopic (exact) mass is 323 g/mol. The molecule has 0 radical (unpaired) electrons. The van der Waals surface area contributed by atoms with Crippen LogP contribution in [0.4, 0.5) is 4.39 Å². The number of hydrogen-bond donors (Lipinski definition) is 1. The summed E-state index contributed by atoms with van der Waals surface area (Å²) in [6.07, 6.45) is 0. The summed E-state index contributed by atoms with van der Waals surface area (Å²) in [5.74, 6) is -0.832. The van der Waals surface area contributed by atoms with Crippen molar-refractivity contribution in [2.24, 2.45) is 5.14 Å². The minimum Gasteiger partial charge on any atom is -0.216 e.